The first-order valence-electron chi connectivity index (χ1n) is 7.23. The SMILES string of the molecule is COCC(C)(C)COc1ccc(Sc2nc(C)c(C)s2)cc1. The average Bonchev–Trinajstić information content (AvgIpc) is 2.76. The van der Waals surface area contributed by atoms with Gasteiger partial charge in [0.05, 0.1) is 18.9 Å². The zero-order chi connectivity index (χ0) is 16.2. The largest absolute Gasteiger partial charge is 0.493 e. The Hall–Kier alpha value is -1.04. The van der Waals surface area contributed by atoms with E-state index in [9.17, 15) is 0 Å². The van der Waals surface area contributed by atoms with Crippen LogP contribution in [-0.4, -0.2) is 25.3 Å². The van der Waals surface area contributed by atoms with Crippen LogP contribution < -0.4 is 4.74 Å². The third-order valence-electron chi connectivity index (χ3n) is 3.20. The number of hydrogen-bond donors (Lipinski definition) is 0. The molecule has 0 aliphatic carbocycles. The van der Waals surface area contributed by atoms with Gasteiger partial charge >= 0.3 is 0 Å². The van der Waals surface area contributed by atoms with Crippen molar-refractivity contribution in [2.45, 2.75) is 36.9 Å². The minimum atomic E-state index is 0.0120. The lowest BCUT2D eigenvalue weighted by Gasteiger charge is -2.23. The first kappa shape index (κ1) is 17.3. The lowest BCUT2D eigenvalue weighted by atomic mass is 9.96. The minimum Gasteiger partial charge on any atom is -0.493 e. The van der Waals surface area contributed by atoms with Crippen molar-refractivity contribution in [3.63, 3.8) is 0 Å². The first-order valence-corrected chi connectivity index (χ1v) is 8.86. The summed E-state index contributed by atoms with van der Waals surface area (Å²) in [6, 6.07) is 8.18. The molecule has 0 spiro atoms. The maximum Gasteiger partial charge on any atom is 0.155 e. The molecular formula is C17H23NO2S2. The summed E-state index contributed by atoms with van der Waals surface area (Å²) in [7, 11) is 1.72. The molecule has 120 valence electrons. The third-order valence-corrected chi connectivity index (χ3v) is 5.34. The Morgan fingerprint density at radius 2 is 1.82 bits per heavy atom. The fourth-order valence-electron chi connectivity index (χ4n) is 1.90. The molecule has 0 aliphatic rings. The number of aryl methyl sites for hydroxylation is 2. The molecule has 0 fully saturated rings. The second-order valence-corrected chi connectivity index (χ2v) is 8.60. The zero-order valence-electron chi connectivity index (χ0n) is 13.8. The van der Waals surface area contributed by atoms with E-state index in [-0.39, 0.29) is 5.41 Å². The van der Waals surface area contributed by atoms with E-state index in [4.69, 9.17) is 9.47 Å². The van der Waals surface area contributed by atoms with Crippen LogP contribution in [0.1, 0.15) is 24.4 Å². The molecule has 0 unspecified atom stereocenters. The van der Waals surface area contributed by atoms with Crippen molar-refractivity contribution in [1.29, 1.82) is 0 Å². The molecule has 22 heavy (non-hydrogen) atoms. The van der Waals surface area contributed by atoms with Crippen molar-refractivity contribution >= 4 is 23.1 Å². The standard InChI is InChI=1S/C17H23NO2S2/c1-12-13(2)21-16(18-12)22-15-8-6-14(7-9-15)20-11-17(3,4)10-19-5/h6-9H,10-11H2,1-5H3. The van der Waals surface area contributed by atoms with Crippen LogP contribution in [0.15, 0.2) is 33.5 Å². The highest BCUT2D eigenvalue weighted by molar-refractivity contribution is 8.01. The molecule has 0 saturated heterocycles. The minimum absolute atomic E-state index is 0.0120. The molecule has 0 N–H and O–H groups in total. The summed E-state index contributed by atoms with van der Waals surface area (Å²) in [6.45, 7) is 9.74. The van der Waals surface area contributed by atoms with Gasteiger partial charge in [0.2, 0.25) is 0 Å². The Balaban J connectivity index is 1.92. The Labute approximate surface area is 141 Å². The van der Waals surface area contributed by atoms with Gasteiger partial charge in [0.1, 0.15) is 5.75 Å². The molecule has 2 rings (SSSR count). The Kier molecular flexibility index (Phi) is 5.89. The van der Waals surface area contributed by atoms with Crippen LogP contribution in [0.3, 0.4) is 0 Å². The van der Waals surface area contributed by atoms with Crippen molar-refractivity contribution in [2.24, 2.45) is 5.41 Å². The number of ether oxygens (including phenoxy) is 2. The summed E-state index contributed by atoms with van der Waals surface area (Å²) in [5.41, 5.74) is 1.13. The van der Waals surface area contributed by atoms with E-state index in [1.165, 1.54) is 9.77 Å². The van der Waals surface area contributed by atoms with Gasteiger partial charge in [-0.15, -0.1) is 11.3 Å². The van der Waals surface area contributed by atoms with Crippen LogP contribution in [0, 0.1) is 19.3 Å². The van der Waals surface area contributed by atoms with Gasteiger partial charge in [0.15, 0.2) is 4.34 Å². The van der Waals surface area contributed by atoms with Crippen LogP contribution in [0.2, 0.25) is 0 Å². The fraction of sp³-hybridized carbons (Fsp3) is 0.471. The van der Waals surface area contributed by atoms with E-state index in [0.717, 1.165) is 15.8 Å². The van der Waals surface area contributed by atoms with Crippen LogP contribution in [0.25, 0.3) is 0 Å². The molecule has 2 aromatic rings. The number of thiazole rings is 1. The second-order valence-electron chi connectivity index (χ2n) is 6.08. The topological polar surface area (TPSA) is 31.4 Å². The van der Waals surface area contributed by atoms with Crippen molar-refractivity contribution in [3.8, 4) is 5.75 Å². The molecule has 0 saturated carbocycles. The lowest BCUT2D eigenvalue weighted by molar-refractivity contribution is 0.0644. The van der Waals surface area contributed by atoms with Crippen LogP contribution >= 0.6 is 23.1 Å². The average molecular weight is 338 g/mol. The summed E-state index contributed by atoms with van der Waals surface area (Å²) >= 11 is 3.43. The first-order chi connectivity index (χ1) is 10.4. The Morgan fingerprint density at radius 1 is 1.14 bits per heavy atom. The van der Waals surface area contributed by atoms with E-state index in [1.54, 1.807) is 30.2 Å². The van der Waals surface area contributed by atoms with Crippen molar-refractivity contribution in [2.75, 3.05) is 20.3 Å². The number of aromatic nitrogens is 1. The van der Waals surface area contributed by atoms with E-state index < -0.39 is 0 Å². The molecular weight excluding hydrogens is 314 g/mol. The molecule has 1 heterocycles. The molecule has 1 aromatic heterocycles. The van der Waals surface area contributed by atoms with Crippen molar-refractivity contribution in [1.82, 2.24) is 4.98 Å². The second kappa shape index (κ2) is 7.49. The summed E-state index contributed by atoms with van der Waals surface area (Å²) in [5, 5.41) is 0. The molecule has 3 nitrogen and oxygen atoms in total. The predicted octanol–water partition coefficient (Wildman–Crippen LogP) is 4.96. The van der Waals surface area contributed by atoms with Crippen molar-refractivity contribution < 1.29 is 9.47 Å². The molecule has 0 bridgehead atoms. The zero-order valence-corrected chi connectivity index (χ0v) is 15.4. The van der Waals surface area contributed by atoms with E-state index in [0.29, 0.717) is 13.2 Å². The van der Waals surface area contributed by atoms with Gasteiger partial charge in [-0.25, -0.2) is 4.98 Å². The smallest absolute Gasteiger partial charge is 0.155 e. The Morgan fingerprint density at radius 3 is 2.36 bits per heavy atom. The van der Waals surface area contributed by atoms with Crippen LogP contribution in [0.5, 0.6) is 5.75 Å². The molecule has 0 aliphatic heterocycles. The summed E-state index contributed by atoms with van der Waals surface area (Å²) in [5.74, 6) is 0.889. The third kappa shape index (κ3) is 5.00. The van der Waals surface area contributed by atoms with Gasteiger partial charge in [-0.05, 0) is 38.1 Å². The molecule has 0 amide bonds. The molecule has 0 atom stereocenters. The number of rotatable bonds is 7. The van der Waals surface area contributed by atoms with Gasteiger partial charge in [-0.2, -0.15) is 0 Å². The van der Waals surface area contributed by atoms with E-state index in [2.05, 4.69) is 44.8 Å². The number of nitrogens with zero attached hydrogens (tertiary/aromatic N) is 1. The highest BCUT2D eigenvalue weighted by Crippen LogP contribution is 2.33. The van der Waals surface area contributed by atoms with Crippen LogP contribution in [-0.2, 0) is 4.74 Å². The quantitative estimate of drug-likeness (QED) is 0.714. The molecule has 5 heteroatoms. The summed E-state index contributed by atoms with van der Waals surface area (Å²) in [6.07, 6.45) is 0. The number of benzene rings is 1. The maximum absolute atomic E-state index is 5.85. The van der Waals surface area contributed by atoms with Gasteiger partial charge in [0, 0.05) is 22.3 Å². The monoisotopic (exact) mass is 337 g/mol. The highest BCUT2D eigenvalue weighted by Gasteiger charge is 2.18. The number of methoxy groups -OCH3 is 1. The normalized spacial score (nSPS) is 11.7. The van der Waals surface area contributed by atoms with Crippen LogP contribution in [0.4, 0.5) is 0 Å². The predicted molar refractivity (Wildman–Crippen MR) is 93.3 cm³/mol. The fourth-order valence-corrected chi connectivity index (χ4v) is 4.03. The highest BCUT2D eigenvalue weighted by atomic mass is 32.2. The molecule has 1 aromatic carbocycles. The van der Waals surface area contributed by atoms with E-state index >= 15 is 0 Å². The van der Waals surface area contributed by atoms with Gasteiger partial charge < -0.3 is 9.47 Å². The van der Waals surface area contributed by atoms with Gasteiger partial charge in [0.25, 0.3) is 0 Å². The number of hydrogen-bond acceptors (Lipinski definition) is 5. The Bertz CT molecular complexity index is 586. The molecule has 0 radical (unpaired) electrons. The summed E-state index contributed by atoms with van der Waals surface area (Å²) < 4.78 is 12.1. The maximum atomic E-state index is 5.85. The summed E-state index contributed by atoms with van der Waals surface area (Å²) in [4.78, 5) is 7.01. The lowest BCUT2D eigenvalue weighted by Crippen LogP contribution is -2.26. The van der Waals surface area contributed by atoms with Gasteiger partial charge in [-0.3, -0.25) is 0 Å². The van der Waals surface area contributed by atoms with Gasteiger partial charge in [-0.1, -0.05) is 25.6 Å². The van der Waals surface area contributed by atoms with E-state index in [1.807, 2.05) is 12.1 Å². The van der Waals surface area contributed by atoms with Crippen molar-refractivity contribution in [3.05, 3.63) is 34.8 Å².